The van der Waals surface area contributed by atoms with Crippen LogP contribution in [-0.2, 0) is 18.3 Å². The molecule has 0 aromatic carbocycles. The van der Waals surface area contributed by atoms with Crippen LogP contribution < -0.4 is 0 Å². The van der Waals surface area contributed by atoms with Gasteiger partial charge in [-0.1, -0.05) is 0 Å². The van der Waals surface area contributed by atoms with Gasteiger partial charge in [0.2, 0.25) is 0 Å². The Hall–Kier alpha value is -0.0100. The van der Waals surface area contributed by atoms with Crippen LogP contribution in [0.2, 0.25) is 0 Å². The van der Waals surface area contributed by atoms with Gasteiger partial charge in [0.15, 0.2) is 6.29 Å². The number of fused-ring (bicyclic) bond motifs is 1. The van der Waals surface area contributed by atoms with Gasteiger partial charge in [-0.05, 0) is 0 Å². The van der Waals surface area contributed by atoms with Crippen molar-refractivity contribution in [3.8, 4) is 0 Å². The second-order valence-corrected chi connectivity index (χ2v) is 4.26. The summed E-state index contributed by atoms with van der Waals surface area (Å²) in [5, 5.41) is 18.3. The highest BCUT2D eigenvalue weighted by molar-refractivity contribution is 7.47. The SMILES string of the molecule is O=P1(O)O[C@H]2[C@H](O)C(O)OC[C@H]2O1. The molecule has 0 aliphatic carbocycles. The summed E-state index contributed by atoms with van der Waals surface area (Å²) in [4.78, 5) is 8.89. The molecule has 0 amide bonds. The fourth-order valence-electron chi connectivity index (χ4n) is 1.34. The Kier molecular flexibility index (Phi) is 2.20. The monoisotopic (exact) mass is 212 g/mol. The van der Waals surface area contributed by atoms with Gasteiger partial charge in [0, 0.05) is 0 Å². The van der Waals surface area contributed by atoms with Gasteiger partial charge in [-0.2, -0.15) is 0 Å². The first-order valence-corrected chi connectivity index (χ1v) is 5.16. The van der Waals surface area contributed by atoms with Gasteiger partial charge in [0.25, 0.3) is 0 Å². The third-order valence-corrected chi connectivity index (χ3v) is 3.00. The normalized spacial score (nSPS) is 56.2. The van der Waals surface area contributed by atoms with E-state index in [1.165, 1.54) is 0 Å². The highest BCUT2D eigenvalue weighted by atomic mass is 31.2. The number of rotatable bonds is 0. The van der Waals surface area contributed by atoms with Crippen LogP contribution in [0, 0.1) is 0 Å². The third-order valence-electron chi connectivity index (χ3n) is 1.95. The van der Waals surface area contributed by atoms with E-state index in [0.717, 1.165) is 0 Å². The fraction of sp³-hybridized carbons (Fsp3) is 1.00. The van der Waals surface area contributed by atoms with E-state index in [-0.39, 0.29) is 6.61 Å². The Bertz CT molecular complexity index is 255. The molecule has 2 aliphatic rings. The van der Waals surface area contributed by atoms with Crippen LogP contribution in [-0.4, -0.2) is 46.3 Å². The molecule has 2 fully saturated rings. The molecule has 5 atom stereocenters. The highest BCUT2D eigenvalue weighted by Crippen LogP contribution is 2.54. The Balaban J connectivity index is 2.15. The maximum atomic E-state index is 10.9. The van der Waals surface area contributed by atoms with Gasteiger partial charge < -0.3 is 19.8 Å². The lowest BCUT2D eigenvalue weighted by atomic mass is 10.1. The zero-order chi connectivity index (χ0) is 9.64. The second-order valence-electron chi connectivity index (χ2n) is 2.90. The molecule has 2 rings (SSSR count). The van der Waals surface area contributed by atoms with Gasteiger partial charge in [-0.25, -0.2) is 4.57 Å². The summed E-state index contributed by atoms with van der Waals surface area (Å²) in [5.74, 6) is 0. The van der Waals surface area contributed by atoms with Gasteiger partial charge in [0.1, 0.15) is 18.3 Å². The minimum absolute atomic E-state index is 0.0759. The summed E-state index contributed by atoms with van der Waals surface area (Å²) in [7, 11) is -4.06. The molecule has 0 spiro atoms. The number of aliphatic hydroxyl groups excluding tert-OH is 2. The van der Waals surface area contributed by atoms with E-state index in [4.69, 9.17) is 10.00 Å². The third kappa shape index (κ3) is 1.64. The molecule has 2 saturated heterocycles. The smallest absolute Gasteiger partial charge is 0.385 e. The zero-order valence-electron chi connectivity index (χ0n) is 6.44. The van der Waals surface area contributed by atoms with Gasteiger partial charge in [-0.3, -0.25) is 9.05 Å². The molecule has 2 unspecified atom stereocenters. The van der Waals surface area contributed by atoms with Crippen molar-refractivity contribution in [3.05, 3.63) is 0 Å². The van der Waals surface area contributed by atoms with Gasteiger partial charge in [-0.15, -0.1) is 0 Å². The predicted molar refractivity (Wildman–Crippen MR) is 37.5 cm³/mol. The largest absolute Gasteiger partial charge is 0.473 e. The summed E-state index contributed by atoms with van der Waals surface area (Å²) in [6, 6.07) is 0. The van der Waals surface area contributed by atoms with Crippen molar-refractivity contribution < 1.29 is 33.5 Å². The molecule has 13 heavy (non-hydrogen) atoms. The number of phosphoric ester groups is 1. The van der Waals surface area contributed by atoms with Crippen molar-refractivity contribution in [2.24, 2.45) is 0 Å². The standard InChI is InChI=1S/C5H9O7P/c6-3-4-2(1-10-5(3)7)11-13(8,9)12-4/h2-7H,1H2,(H,8,9)/t2-,3+,4-,5?/m1/s1. The Morgan fingerprint density at radius 1 is 1.31 bits per heavy atom. The summed E-state index contributed by atoms with van der Waals surface area (Å²) >= 11 is 0. The minimum atomic E-state index is -4.06. The first-order chi connectivity index (χ1) is 5.99. The van der Waals surface area contributed by atoms with Crippen molar-refractivity contribution in [2.75, 3.05) is 6.61 Å². The van der Waals surface area contributed by atoms with Gasteiger partial charge >= 0.3 is 7.82 Å². The van der Waals surface area contributed by atoms with Crippen LogP contribution in [0.25, 0.3) is 0 Å². The molecule has 0 aromatic heterocycles. The average Bonchev–Trinajstić information content (AvgIpc) is 2.34. The Morgan fingerprint density at radius 2 is 2.00 bits per heavy atom. The molecule has 0 radical (unpaired) electrons. The van der Waals surface area contributed by atoms with Crippen LogP contribution in [0.3, 0.4) is 0 Å². The molecule has 3 N–H and O–H groups in total. The zero-order valence-corrected chi connectivity index (χ0v) is 7.33. The number of aliphatic hydroxyl groups is 2. The quantitative estimate of drug-likeness (QED) is 0.423. The number of hydrogen-bond acceptors (Lipinski definition) is 6. The fourth-order valence-corrected chi connectivity index (χ4v) is 2.48. The molecule has 0 aromatic rings. The van der Waals surface area contributed by atoms with E-state index in [2.05, 4.69) is 13.8 Å². The van der Waals surface area contributed by atoms with Crippen molar-refractivity contribution in [3.63, 3.8) is 0 Å². The first kappa shape index (κ1) is 9.54. The van der Waals surface area contributed by atoms with Crippen LogP contribution in [0.4, 0.5) is 0 Å². The lowest BCUT2D eigenvalue weighted by Crippen LogP contribution is -2.51. The van der Waals surface area contributed by atoms with Crippen molar-refractivity contribution >= 4 is 7.82 Å². The lowest BCUT2D eigenvalue weighted by Gasteiger charge is -2.30. The molecular formula is C5H9O7P. The van der Waals surface area contributed by atoms with Gasteiger partial charge in [0.05, 0.1) is 6.61 Å². The van der Waals surface area contributed by atoms with Crippen molar-refractivity contribution in [2.45, 2.75) is 24.6 Å². The summed E-state index contributed by atoms with van der Waals surface area (Å²) in [6.45, 7) is -0.0759. The Labute approximate surface area is 73.5 Å². The number of phosphoric acid groups is 1. The summed E-state index contributed by atoms with van der Waals surface area (Å²) in [5.41, 5.74) is 0. The van der Waals surface area contributed by atoms with E-state index in [0.29, 0.717) is 0 Å². The van der Waals surface area contributed by atoms with Crippen LogP contribution in [0.5, 0.6) is 0 Å². The molecule has 2 heterocycles. The average molecular weight is 212 g/mol. The molecule has 0 bridgehead atoms. The van der Waals surface area contributed by atoms with Crippen LogP contribution >= 0.6 is 7.82 Å². The van der Waals surface area contributed by atoms with Crippen LogP contribution in [0.15, 0.2) is 0 Å². The number of ether oxygens (including phenoxy) is 1. The molecule has 8 heteroatoms. The van der Waals surface area contributed by atoms with E-state index in [9.17, 15) is 9.67 Å². The van der Waals surface area contributed by atoms with E-state index in [1.54, 1.807) is 0 Å². The Morgan fingerprint density at radius 3 is 2.69 bits per heavy atom. The molecule has 2 aliphatic heterocycles. The molecular weight excluding hydrogens is 203 g/mol. The van der Waals surface area contributed by atoms with E-state index in [1.807, 2.05) is 0 Å². The molecule has 7 nitrogen and oxygen atoms in total. The van der Waals surface area contributed by atoms with Crippen molar-refractivity contribution in [1.82, 2.24) is 0 Å². The first-order valence-electron chi connectivity index (χ1n) is 3.67. The maximum absolute atomic E-state index is 10.9. The van der Waals surface area contributed by atoms with Crippen LogP contribution in [0.1, 0.15) is 0 Å². The minimum Gasteiger partial charge on any atom is -0.385 e. The molecule has 76 valence electrons. The molecule has 0 saturated carbocycles. The van der Waals surface area contributed by atoms with E-state index < -0.39 is 32.4 Å². The highest BCUT2D eigenvalue weighted by Gasteiger charge is 2.52. The lowest BCUT2D eigenvalue weighted by molar-refractivity contribution is -0.228. The van der Waals surface area contributed by atoms with E-state index >= 15 is 0 Å². The predicted octanol–water partition coefficient (Wildman–Crippen LogP) is -1.42. The second kappa shape index (κ2) is 2.99. The topological polar surface area (TPSA) is 105 Å². The summed E-state index contributed by atoms with van der Waals surface area (Å²) in [6.07, 6.45) is -4.56. The maximum Gasteiger partial charge on any atom is 0.473 e. The van der Waals surface area contributed by atoms with Crippen molar-refractivity contribution in [1.29, 1.82) is 0 Å². The summed E-state index contributed by atoms with van der Waals surface area (Å²) < 4.78 is 24.7. The number of hydrogen-bond donors (Lipinski definition) is 3.